The molecule has 1 aromatic carbocycles. The predicted molar refractivity (Wildman–Crippen MR) is 67.5 cm³/mol. The molecule has 0 radical (unpaired) electrons. The Morgan fingerprint density at radius 1 is 1.11 bits per heavy atom. The van der Waals surface area contributed by atoms with E-state index in [4.69, 9.17) is 15.3 Å². The molecule has 1 unspecified atom stereocenters. The average Bonchev–Trinajstić information content (AvgIpc) is 2.40. The van der Waals surface area contributed by atoms with Crippen LogP contribution in [0.15, 0.2) is 48.2 Å². The van der Waals surface area contributed by atoms with E-state index in [0.717, 1.165) is 11.3 Å². The topological polar surface area (TPSA) is 56.8 Å². The summed E-state index contributed by atoms with van der Waals surface area (Å²) in [7, 11) is 0. The first-order valence-electron chi connectivity index (χ1n) is 5.67. The third kappa shape index (κ3) is 2.42. The number of nitriles is 2. The molecule has 0 aromatic heterocycles. The van der Waals surface area contributed by atoms with Gasteiger partial charge in [0.05, 0.1) is 17.9 Å². The minimum atomic E-state index is -0.678. The molecule has 0 saturated carbocycles. The van der Waals surface area contributed by atoms with Gasteiger partial charge < -0.3 is 4.74 Å². The molecule has 0 fully saturated rings. The van der Waals surface area contributed by atoms with Crippen molar-refractivity contribution in [2.75, 3.05) is 0 Å². The summed E-state index contributed by atoms with van der Waals surface area (Å²) in [5, 5.41) is 17.9. The number of allylic oxidation sites excluding steroid dienone is 3. The molecule has 0 saturated heterocycles. The van der Waals surface area contributed by atoms with Gasteiger partial charge in [-0.2, -0.15) is 10.5 Å². The Morgan fingerprint density at radius 2 is 1.78 bits per heavy atom. The zero-order valence-corrected chi connectivity index (χ0v) is 10.00. The first-order valence-corrected chi connectivity index (χ1v) is 5.67. The zero-order chi connectivity index (χ0) is 13.0. The normalized spacial score (nSPS) is 18.1. The fraction of sp³-hybridized carbons (Fsp3) is 0.200. The lowest BCUT2D eigenvalue weighted by molar-refractivity contribution is 0.363. The van der Waals surface area contributed by atoms with Crippen LogP contribution in [0.25, 0.3) is 5.76 Å². The second-order valence-electron chi connectivity index (χ2n) is 4.09. The average molecular weight is 236 g/mol. The highest BCUT2D eigenvalue weighted by atomic mass is 16.5. The summed E-state index contributed by atoms with van der Waals surface area (Å²) >= 11 is 0. The van der Waals surface area contributed by atoms with Crippen LogP contribution in [-0.4, -0.2) is 0 Å². The largest absolute Gasteiger partial charge is 0.462 e. The lowest BCUT2D eigenvalue weighted by atomic mass is 9.91. The molecule has 0 spiro atoms. The van der Waals surface area contributed by atoms with E-state index in [1.54, 1.807) is 0 Å². The minimum Gasteiger partial charge on any atom is -0.462 e. The van der Waals surface area contributed by atoms with Crippen LogP contribution in [0.2, 0.25) is 0 Å². The maximum atomic E-state index is 8.95. The number of benzene rings is 1. The van der Waals surface area contributed by atoms with Crippen molar-refractivity contribution < 1.29 is 4.74 Å². The first-order chi connectivity index (χ1) is 8.74. The van der Waals surface area contributed by atoms with Gasteiger partial charge in [0.1, 0.15) is 11.7 Å². The van der Waals surface area contributed by atoms with Crippen molar-refractivity contribution >= 4 is 5.76 Å². The van der Waals surface area contributed by atoms with Crippen molar-refractivity contribution in [2.24, 2.45) is 11.8 Å². The molecule has 2 rings (SSSR count). The molecule has 18 heavy (non-hydrogen) atoms. The van der Waals surface area contributed by atoms with Gasteiger partial charge in [0.2, 0.25) is 0 Å². The molecule has 3 nitrogen and oxygen atoms in total. The Morgan fingerprint density at radius 3 is 2.39 bits per heavy atom. The number of ether oxygens (including phenoxy) is 1. The van der Waals surface area contributed by atoms with Crippen molar-refractivity contribution in [2.45, 2.75) is 6.92 Å². The third-order valence-electron chi connectivity index (χ3n) is 2.76. The summed E-state index contributed by atoms with van der Waals surface area (Å²) in [4.78, 5) is 0. The first kappa shape index (κ1) is 12.0. The lowest BCUT2D eigenvalue weighted by Crippen LogP contribution is -2.12. The quantitative estimate of drug-likeness (QED) is 0.792. The summed E-state index contributed by atoms with van der Waals surface area (Å²) in [5.74, 6) is 0.527. The predicted octanol–water partition coefficient (Wildman–Crippen LogP) is 3.24. The molecule has 1 aliphatic heterocycles. The SMILES string of the molecule is CC1=CC(C(C#N)C#N)C=C(c2ccccc2)O1. The van der Waals surface area contributed by atoms with Crippen molar-refractivity contribution in [1.82, 2.24) is 0 Å². The maximum Gasteiger partial charge on any atom is 0.143 e. The second-order valence-corrected chi connectivity index (χ2v) is 4.09. The van der Waals surface area contributed by atoms with E-state index >= 15 is 0 Å². The second kappa shape index (κ2) is 5.21. The molecule has 88 valence electrons. The molecule has 0 N–H and O–H groups in total. The molecule has 0 aliphatic carbocycles. The molecule has 1 atom stereocenters. The van der Waals surface area contributed by atoms with Crippen LogP contribution in [0.4, 0.5) is 0 Å². The zero-order valence-electron chi connectivity index (χ0n) is 10.00. The van der Waals surface area contributed by atoms with E-state index in [1.165, 1.54) is 0 Å². The number of rotatable bonds is 2. The minimum absolute atomic E-state index is 0.219. The Kier molecular flexibility index (Phi) is 3.46. The summed E-state index contributed by atoms with van der Waals surface area (Å²) in [6.45, 7) is 1.83. The highest BCUT2D eigenvalue weighted by molar-refractivity contribution is 5.62. The fourth-order valence-electron chi connectivity index (χ4n) is 1.89. The molecule has 1 aliphatic rings. The molecule has 3 heteroatoms. The standard InChI is InChI=1S/C15H12N2O/c1-11-7-13(14(9-16)10-17)8-15(18-11)12-5-3-2-4-6-12/h2-8,13-14H,1H3. The van der Waals surface area contributed by atoms with Crippen molar-refractivity contribution in [3.63, 3.8) is 0 Å². The number of nitrogens with zero attached hydrogens (tertiary/aromatic N) is 2. The summed E-state index contributed by atoms with van der Waals surface area (Å²) in [6, 6.07) is 13.7. The molecule has 0 amide bonds. The highest BCUT2D eigenvalue weighted by Crippen LogP contribution is 2.30. The number of hydrogen-bond donors (Lipinski definition) is 0. The number of hydrogen-bond acceptors (Lipinski definition) is 3. The van der Waals surface area contributed by atoms with E-state index in [2.05, 4.69) is 0 Å². The van der Waals surface area contributed by atoms with Gasteiger partial charge in [0.25, 0.3) is 0 Å². The lowest BCUT2D eigenvalue weighted by Gasteiger charge is -2.20. The van der Waals surface area contributed by atoms with Gasteiger partial charge in [-0.1, -0.05) is 30.3 Å². The molecular formula is C15H12N2O. The van der Waals surface area contributed by atoms with Crippen LogP contribution >= 0.6 is 0 Å². The smallest absolute Gasteiger partial charge is 0.143 e. The van der Waals surface area contributed by atoms with Crippen molar-refractivity contribution in [3.8, 4) is 12.1 Å². The van der Waals surface area contributed by atoms with E-state index in [9.17, 15) is 0 Å². The molecular weight excluding hydrogens is 224 g/mol. The van der Waals surface area contributed by atoms with Crippen LogP contribution in [0.1, 0.15) is 12.5 Å². The summed E-state index contributed by atoms with van der Waals surface area (Å²) in [6.07, 6.45) is 3.64. The summed E-state index contributed by atoms with van der Waals surface area (Å²) in [5.41, 5.74) is 0.949. The van der Waals surface area contributed by atoms with Gasteiger partial charge in [0.15, 0.2) is 0 Å². The Bertz CT molecular complexity index is 559. The molecule has 1 aromatic rings. The van der Waals surface area contributed by atoms with Gasteiger partial charge in [-0.05, 0) is 19.1 Å². The maximum absolute atomic E-state index is 8.95. The van der Waals surface area contributed by atoms with Crippen LogP contribution in [-0.2, 0) is 4.74 Å². The Labute approximate surface area is 106 Å². The van der Waals surface area contributed by atoms with E-state index in [0.29, 0.717) is 5.76 Å². The molecule has 0 bridgehead atoms. The van der Waals surface area contributed by atoms with Crippen LogP contribution in [0.5, 0.6) is 0 Å². The van der Waals surface area contributed by atoms with Crippen molar-refractivity contribution in [3.05, 3.63) is 53.8 Å². The highest BCUT2D eigenvalue weighted by Gasteiger charge is 2.22. The van der Waals surface area contributed by atoms with Gasteiger partial charge in [0, 0.05) is 11.5 Å². The Balaban J connectivity index is 2.34. The Hall–Kier alpha value is -2.52. The van der Waals surface area contributed by atoms with Gasteiger partial charge in [-0.3, -0.25) is 0 Å². The van der Waals surface area contributed by atoms with E-state index in [-0.39, 0.29) is 5.92 Å². The monoisotopic (exact) mass is 236 g/mol. The van der Waals surface area contributed by atoms with Crippen LogP contribution < -0.4 is 0 Å². The third-order valence-corrected chi connectivity index (χ3v) is 2.76. The van der Waals surface area contributed by atoms with Gasteiger partial charge in [-0.25, -0.2) is 0 Å². The van der Waals surface area contributed by atoms with Crippen LogP contribution in [0, 0.1) is 34.5 Å². The van der Waals surface area contributed by atoms with Crippen LogP contribution in [0.3, 0.4) is 0 Å². The van der Waals surface area contributed by atoms with E-state index < -0.39 is 5.92 Å². The van der Waals surface area contributed by atoms with Crippen molar-refractivity contribution in [1.29, 1.82) is 10.5 Å². The molecule has 1 heterocycles. The van der Waals surface area contributed by atoms with Gasteiger partial charge in [-0.15, -0.1) is 0 Å². The summed E-state index contributed by atoms with van der Waals surface area (Å²) < 4.78 is 5.65. The van der Waals surface area contributed by atoms with Gasteiger partial charge >= 0.3 is 0 Å². The fourth-order valence-corrected chi connectivity index (χ4v) is 1.89. The van der Waals surface area contributed by atoms with E-state index in [1.807, 2.05) is 61.5 Å².